The zero-order chi connectivity index (χ0) is 25.0. The fraction of sp³-hybridized carbons (Fsp3) is 0.346. The molecule has 4 heterocycles. The highest BCUT2D eigenvalue weighted by Crippen LogP contribution is 2.55. The van der Waals surface area contributed by atoms with E-state index in [1.165, 1.54) is 0 Å². The molecule has 8 nitrogen and oxygen atoms in total. The third-order valence-corrected chi connectivity index (χ3v) is 10.3. The van der Waals surface area contributed by atoms with E-state index >= 15 is 0 Å². The first-order valence-electron chi connectivity index (χ1n) is 11.9. The minimum absolute atomic E-state index is 0.0331. The van der Waals surface area contributed by atoms with Gasteiger partial charge in [-0.2, -0.15) is 0 Å². The van der Waals surface area contributed by atoms with Crippen molar-refractivity contribution in [3.63, 3.8) is 0 Å². The number of ketones is 2. The van der Waals surface area contributed by atoms with Gasteiger partial charge in [0.05, 0.1) is 33.8 Å². The number of carbonyl (C=O) groups excluding carboxylic acids is 2. The third-order valence-electron chi connectivity index (χ3n) is 7.93. The predicted octanol–water partition coefficient (Wildman–Crippen LogP) is 2.94. The number of nitrogens with one attached hydrogen (secondary N) is 1. The Morgan fingerprint density at radius 1 is 1.22 bits per heavy atom. The van der Waals surface area contributed by atoms with Crippen molar-refractivity contribution in [3.8, 4) is 0 Å². The Hall–Kier alpha value is -2.82. The molecule has 1 unspecified atom stereocenters. The predicted molar refractivity (Wildman–Crippen MR) is 136 cm³/mol. The molecule has 36 heavy (non-hydrogen) atoms. The number of halogens is 1. The molecular weight excluding hydrogens is 546 g/mol. The molecule has 2 aromatic rings. The summed E-state index contributed by atoms with van der Waals surface area (Å²) in [4.78, 5) is 31.6. The number of rotatable bonds is 2. The monoisotopic (exact) mass is 567 g/mol. The minimum Gasteiger partial charge on any atom is -0.384 e. The van der Waals surface area contributed by atoms with Gasteiger partial charge >= 0.3 is 0 Å². The lowest BCUT2D eigenvalue weighted by Gasteiger charge is -2.51. The van der Waals surface area contributed by atoms with Crippen LogP contribution in [0.3, 0.4) is 0 Å². The van der Waals surface area contributed by atoms with Crippen molar-refractivity contribution >= 4 is 48.9 Å². The molecule has 10 heteroatoms. The summed E-state index contributed by atoms with van der Waals surface area (Å²) in [5.74, 6) is -0.435. The molecule has 3 aliphatic heterocycles. The number of aryl methyl sites for hydroxylation is 1. The van der Waals surface area contributed by atoms with Crippen LogP contribution in [-0.4, -0.2) is 55.0 Å². The minimum atomic E-state index is -4.01. The number of hydrogen-bond acceptors (Lipinski definition) is 7. The van der Waals surface area contributed by atoms with Crippen LogP contribution in [0, 0.1) is 12.3 Å². The Labute approximate surface area is 216 Å². The van der Waals surface area contributed by atoms with Gasteiger partial charge in [0, 0.05) is 35.7 Å². The van der Waals surface area contributed by atoms with Crippen LogP contribution in [0.2, 0.25) is 0 Å². The van der Waals surface area contributed by atoms with Crippen LogP contribution in [0.25, 0.3) is 5.70 Å². The Morgan fingerprint density at radius 2 is 2.00 bits per heavy atom. The zero-order valence-corrected chi connectivity index (χ0v) is 21.8. The number of benzene rings is 1. The molecule has 2 bridgehead atoms. The van der Waals surface area contributed by atoms with E-state index in [1.807, 2.05) is 13.0 Å². The number of hydrogen-bond donors (Lipinski definition) is 1. The van der Waals surface area contributed by atoms with Crippen molar-refractivity contribution in [1.82, 2.24) is 9.29 Å². The molecule has 1 spiro atoms. The van der Waals surface area contributed by atoms with E-state index < -0.39 is 27.3 Å². The van der Waals surface area contributed by atoms with E-state index in [4.69, 9.17) is 9.73 Å². The molecule has 7 rings (SSSR count). The summed E-state index contributed by atoms with van der Waals surface area (Å²) in [5, 5.41) is 3.46. The van der Waals surface area contributed by atoms with Gasteiger partial charge in [0.25, 0.3) is 10.0 Å². The fourth-order valence-electron chi connectivity index (χ4n) is 6.30. The molecule has 3 atom stereocenters. The van der Waals surface area contributed by atoms with Gasteiger partial charge in [-0.25, -0.2) is 12.4 Å². The highest BCUT2D eigenvalue weighted by Gasteiger charge is 2.57. The highest BCUT2D eigenvalue weighted by molar-refractivity contribution is 9.12. The summed E-state index contributed by atoms with van der Waals surface area (Å²) < 4.78 is 35.2. The lowest BCUT2D eigenvalue weighted by Crippen LogP contribution is -2.56. The number of nitrogens with zero attached hydrogens (tertiary/aromatic N) is 2. The van der Waals surface area contributed by atoms with Crippen LogP contribution in [-0.2, 0) is 26.0 Å². The van der Waals surface area contributed by atoms with Crippen LogP contribution < -0.4 is 5.32 Å². The van der Waals surface area contributed by atoms with E-state index in [-0.39, 0.29) is 34.5 Å². The molecule has 2 aliphatic carbocycles. The van der Waals surface area contributed by atoms with Crippen molar-refractivity contribution in [2.24, 2.45) is 10.4 Å². The number of allylic oxidation sites excluding steroid dienone is 1. The smallest absolute Gasteiger partial charge is 0.268 e. The molecular formula is C26H22BrN3O5S. The number of ether oxygens (including phenoxy) is 1. The van der Waals surface area contributed by atoms with Crippen LogP contribution >= 0.6 is 15.9 Å². The molecule has 1 saturated heterocycles. The van der Waals surface area contributed by atoms with Crippen molar-refractivity contribution in [2.45, 2.75) is 43.2 Å². The zero-order valence-electron chi connectivity index (χ0n) is 19.4. The molecule has 1 fully saturated rings. The first-order chi connectivity index (χ1) is 17.2. The maximum absolute atomic E-state index is 14.1. The molecule has 0 amide bonds. The van der Waals surface area contributed by atoms with Gasteiger partial charge < -0.3 is 10.1 Å². The number of aromatic nitrogens is 1. The molecule has 0 saturated carbocycles. The van der Waals surface area contributed by atoms with E-state index in [1.54, 1.807) is 30.5 Å². The van der Waals surface area contributed by atoms with Crippen LogP contribution in [0.1, 0.15) is 40.0 Å². The Balaban J connectivity index is 1.52. The lowest BCUT2D eigenvalue weighted by atomic mass is 9.60. The van der Waals surface area contributed by atoms with E-state index in [0.717, 1.165) is 26.4 Å². The van der Waals surface area contributed by atoms with Gasteiger partial charge in [0.1, 0.15) is 11.4 Å². The Kier molecular flexibility index (Phi) is 4.58. The van der Waals surface area contributed by atoms with Crippen molar-refractivity contribution in [2.75, 3.05) is 13.2 Å². The van der Waals surface area contributed by atoms with Gasteiger partial charge in [0.15, 0.2) is 5.78 Å². The summed E-state index contributed by atoms with van der Waals surface area (Å²) in [6.07, 6.45) is 4.50. The Morgan fingerprint density at radius 3 is 2.78 bits per heavy atom. The highest BCUT2D eigenvalue weighted by atomic mass is 79.9. The molecule has 184 valence electrons. The molecule has 1 aromatic carbocycles. The maximum Gasteiger partial charge on any atom is 0.268 e. The van der Waals surface area contributed by atoms with Gasteiger partial charge in [-0.3, -0.25) is 14.6 Å². The van der Waals surface area contributed by atoms with Gasteiger partial charge in [-0.05, 0) is 53.4 Å². The average molecular weight is 568 g/mol. The standard InChI is InChI=1S/C26H22BrN3O5S/c1-13-2-4-16(5-3-13)36(33,34)30-11-14-6-7-28-22-20(14)24(30)25(32)23-21(22)26-9-15(29-23)12-35-19(26)8-18(31)17(27)10-26/h2-5,10-11,15,19,28H,6-9,12H2,1H3/t15-,19?,26-/m0/s1. The normalized spacial score (nSPS) is 28.5. The van der Waals surface area contributed by atoms with Gasteiger partial charge in [-0.15, -0.1) is 0 Å². The van der Waals surface area contributed by atoms with E-state index in [9.17, 15) is 18.0 Å². The third kappa shape index (κ3) is 2.83. The SMILES string of the molecule is Cc1ccc(S(=O)(=O)n2cc3c4c2C(=O)C2=N[C@@H]5COC6CC(=O)C(Br)=C[C@]6(C5)C2=C4NCC3)cc1. The summed E-state index contributed by atoms with van der Waals surface area (Å²) >= 11 is 3.44. The Bertz CT molecular complexity index is 1600. The lowest BCUT2D eigenvalue weighted by molar-refractivity contribution is -0.124. The molecule has 1 N–H and O–H groups in total. The van der Waals surface area contributed by atoms with Gasteiger partial charge in [0.2, 0.25) is 5.78 Å². The van der Waals surface area contributed by atoms with Gasteiger partial charge in [-0.1, -0.05) is 23.8 Å². The molecule has 5 aliphatic rings. The number of Topliss-reactive ketones (excluding diaryl/α,β-unsaturated/α-hetero) is 2. The molecule has 1 aromatic heterocycles. The largest absolute Gasteiger partial charge is 0.384 e. The van der Waals surface area contributed by atoms with Crippen LogP contribution in [0.5, 0.6) is 0 Å². The maximum atomic E-state index is 14.1. The summed E-state index contributed by atoms with van der Waals surface area (Å²) in [7, 11) is -4.01. The quantitative estimate of drug-likeness (QED) is 0.598. The average Bonchev–Trinajstić information content (AvgIpc) is 3.25. The second-order valence-corrected chi connectivity index (χ2v) is 12.7. The molecule has 0 radical (unpaired) electrons. The van der Waals surface area contributed by atoms with E-state index in [2.05, 4.69) is 21.2 Å². The second-order valence-electron chi connectivity index (χ2n) is 10.1. The number of fused-ring (bicyclic) bond motifs is 2. The number of aliphatic imine (C=N–C) groups is 1. The summed E-state index contributed by atoms with van der Waals surface area (Å²) in [6.45, 7) is 2.80. The van der Waals surface area contributed by atoms with Crippen molar-refractivity contribution in [3.05, 3.63) is 69.0 Å². The fourth-order valence-corrected chi connectivity index (χ4v) is 8.25. The number of carbonyl (C=O) groups is 2. The summed E-state index contributed by atoms with van der Waals surface area (Å²) in [6, 6.07) is 6.36. The topological polar surface area (TPSA) is 107 Å². The van der Waals surface area contributed by atoms with Crippen LogP contribution in [0.15, 0.2) is 56.5 Å². The van der Waals surface area contributed by atoms with Crippen molar-refractivity contribution < 1.29 is 22.7 Å². The van der Waals surface area contributed by atoms with E-state index in [0.29, 0.717) is 36.0 Å². The van der Waals surface area contributed by atoms with Crippen molar-refractivity contribution in [1.29, 1.82) is 0 Å². The summed E-state index contributed by atoms with van der Waals surface area (Å²) in [5.41, 5.74) is 3.51. The first-order valence-corrected chi connectivity index (χ1v) is 14.2. The first kappa shape index (κ1) is 22.4. The van der Waals surface area contributed by atoms with Crippen LogP contribution in [0.4, 0.5) is 0 Å². The second kappa shape index (κ2) is 7.36.